The number of rotatable bonds is 6. The highest BCUT2D eigenvalue weighted by molar-refractivity contribution is 8.00. The molecule has 1 aromatic heterocycles. The molecular formula is C18H21ClN2O4S2. The van der Waals surface area contributed by atoms with Gasteiger partial charge in [-0.1, -0.05) is 23.4 Å². The minimum atomic E-state index is -3.04. The zero-order chi connectivity index (χ0) is 19.6. The Labute approximate surface area is 168 Å². The van der Waals surface area contributed by atoms with Crippen LogP contribution in [0.1, 0.15) is 20.3 Å². The Balaban J connectivity index is 1.66. The summed E-state index contributed by atoms with van der Waals surface area (Å²) in [6, 6.07) is 6.97. The van der Waals surface area contributed by atoms with E-state index in [1.165, 1.54) is 11.8 Å². The van der Waals surface area contributed by atoms with Crippen LogP contribution in [-0.4, -0.2) is 53.6 Å². The third-order valence-electron chi connectivity index (χ3n) is 4.51. The van der Waals surface area contributed by atoms with Gasteiger partial charge in [0.05, 0.1) is 23.0 Å². The first-order valence-corrected chi connectivity index (χ1v) is 11.8. The number of benzene rings is 1. The molecule has 2 aromatic rings. The van der Waals surface area contributed by atoms with Crippen molar-refractivity contribution < 1.29 is 17.6 Å². The first kappa shape index (κ1) is 20.2. The maximum absolute atomic E-state index is 12.8. The lowest BCUT2D eigenvalue weighted by atomic mass is 10.2. The van der Waals surface area contributed by atoms with Crippen LogP contribution in [0.15, 0.2) is 40.1 Å². The molecule has 1 aliphatic heterocycles. The normalized spacial score (nSPS) is 19.7. The first-order chi connectivity index (χ1) is 12.8. The van der Waals surface area contributed by atoms with E-state index >= 15 is 0 Å². The number of carbonyl (C=O) groups is 1. The topological polar surface area (TPSA) is 80.5 Å². The Bertz CT molecular complexity index is 912. The van der Waals surface area contributed by atoms with E-state index in [2.05, 4.69) is 4.98 Å². The molecule has 0 saturated carbocycles. The van der Waals surface area contributed by atoms with Crippen LogP contribution in [0.3, 0.4) is 0 Å². The fourth-order valence-electron chi connectivity index (χ4n) is 3.11. The van der Waals surface area contributed by atoms with Gasteiger partial charge in [-0.3, -0.25) is 4.79 Å². The van der Waals surface area contributed by atoms with E-state index in [1.807, 2.05) is 19.1 Å². The van der Waals surface area contributed by atoms with Gasteiger partial charge < -0.3 is 9.32 Å². The fraction of sp³-hybridized carbons (Fsp3) is 0.444. The van der Waals surface area contributed by atoms with E-state index in [0.29, 0.717) is 29.0 Å². The minimum absolute atomic E-state index is 0.0453. The predicted molar refractivity (Wildman–Crippen MR) is 107 cm³/mol. The summed E-state index contributed by atoms with van der Waals surface area (Å²) in [6.45, 7) is 4.13. The van der Waals surface area contributed by atoms with Crippen LogP contribution in [0.25, 0.3) is 11.3 Å². The molecule has 146 valence electrons. The minimum Gasteiger partial charge on any atom is -0.431 e. The monoisotopic (exact) mass is 428 g/mol. The second kappa shape index (κ2) is 8.24. The summed E-state index contributed by atoms with van der Waals surface area (Å²) in [7, 11) is -3.04. The van der Waals surface area contributed by atoms with Crippen LogP contribution >= 0.6 is 23.4 Å². The van der Waals surface area contributed by atoms with E-state index < -0.39 is 15.1 Å². The quantitative estimate of drug-likeness (QED) is 0.655. The molecule has 0 unspecified atom stereocenters. The zero-order valence-corrected chi connectivity index (χ0v) is 17.5. The molecule has 0 aliphatic carbocycles. The van der Waals surface area contributed by atoms with E-state index in [-0.39, 0.29) is 23.5 Å². The summed E-state index contributed by atoms with van der Waals surface area (Å²) in [6.07, 6.45) is 2.11. The lowest BCUT2D eigenvalue weighted by Gasteiger charge is -2.28. The van der Waals surface area contributed by atoms with E-state index in [0.717, 1.165) is 5.56 Å². The molecule has 2 heterocycles. The second-order valence-corrected chi connectivity index (χ2v) is 10.4. The molecule has 0 N–H and O–H groups in total. The summed E-state index contributed by atoms with van der Waals surface area (Å²) in [5.41, 5.74) is 0.851. The zero-order valence-electron chi connectivity index (χ0n) is 15.1. The molecular weight excluding hydrogens is 408 g/mol. The molecule has 1 saturated heterocycles. The largest absolute Gasteiger partial charge is 0.431 e. The number of halogens is 1. The Morgan fingerprint density at radius 1 is 1.41 bits per heavy atom. The summed E-state index contributed by atoms with van der Waals surface area (Å²) in [5.74, 6) is 0.690. The van der Waals surface area contributed by atoms with Crippen LogP contribution in [0.4, 0.5) is 0 Å². The highest BCUT2D eigenvalue weighted by atomic mass is 35.5. The van der Waals surface area contributed by atoms with Crippen molar-refractivity contribution in [2.24, 2.45) is 0 Å². The lowest BCUT2D eigenvalue weighted by Crippen LogP contribution is -2.44. The van der Waals surface area contributed by atoms with Crippen LogP contribution in [0, 0.1) is 0 Å². The molecule has 1 amide bonds. The Kier molecular flexibility index (Phi) is 6.18. The van der Waals surface area contributed by atoms with Crippen molar-refractivity contribution in [3.8, 4) is 11.3 Å². The molecule has 0 spiro atoms. The van der Waals surface area contributed by atoms with Gasteiger partial charge in [-0.15, -0.1) is 0 Å². The van der Waals surface area contributed by atoms with Crippen LogP contribution in [0.2, 0.25) is 5.02 Å². The second-order valence-electron chi connectivity index (χ2n) is 6.44. The van der Waals surface area contributed by atoms with Crippen molar-refractivity contribution in [2.75, 3.05) is 18.1 Å². The average molecular weight is 429 g/mol. The predicted octanol–water partition coefficient (Wildman–Crippen LogP) is 3.51. The van der Waals surface area contributed by atoms with Gasteiger partial charge in [0.15, 0.2) is 15.6 Å². The van der Waals surface area contributed by atoms with Gasteiger partial charge in [0.1, 0.15) is 0 Å². The fourth-order valence-corrected chi connectivity index (χ4v) is 5.76. The third-order valence-corrected chi connectivity index (χ3v) is 7.46. The van der Waals surface area contributed by atoms with Crippen molar-refractivity contribution in [1.29, 1.82) is 0 Å². The van der Waals surface area contributed by atoms with Crippen molar-refractivity contribution in [2.45, 2.75) is 36.8 Å². The summed E-state index contributed by atoms with van der Waals surface area (Å²) < 4.78 is 29.2. The van der Waals surface area contributed by atoms with E-state index in [1.54, 1.807) is 30.2 Å². The van der Waals surface area contributed by atoms with Gasteiger partial charge in [0.2, 0.25) is 5.91 Å². The van der Waals surface area contributed by atoms with E-state index in [9.17, 15) is 13.2 Å². The summed E-state index contributed by atoms with van der Waals surface area (Å²) >= 11 is 7.12. The van der Waals surface area contributed by atoms with Gasteiger partial charge in [0.25, 0.3) is 5.22 Å². The molecule has 27 heavy (non-hydrogen) atoms. The van der Waals surface area contributed by atoms with Crippen LogP contribution in [0.5, 0.6) is 0 Å². The molecule has 2 atom stereocenters. The Morgan fingerprint density at radius 2 is 2.11 bits per heavy atom. The summed E-state index contributed by atoms with van der Waals surface area (Å²) in [5, 5.41) is 0.613. The molecule has 3 rings (SSSR count). The summed E-state index contributed by atoms with van der Waals surface area (Å²) in [4.78, 5) is 18.7. The highest BCUT2D eigenvalue weighted by Gasteiger charge is 2.35. The standard InChI is InChI=1S/C18H21ClN2O4S2/c1-3-21(15-8-9-27(23,24)11-15)17(22)12(2)26-18-20-10-16(25-18)13-4-6-14(19)7-5-13/h4-7,10,12,15H,3,8-9,11H2,1-2H3/t12-,15-/m1/s1. The molecule has 1 aromatic carbocycles. The number of carbonyl (C=O) groups excluding carboxylic acids is 1. The van der Waals surface area contributed by atoms with Gasteiger partial charge in [-0.2, -0.15) is 0 Å². The molecule has 0 bridgehead atoms. The first-order valence-electron chi connectivity index (χ1n) is 8.68. The third kappa shape index (κ3) is 4.86. The van der Waals surface area contributed by atoms with Crippen LogP contribution < -0.4 is 0 Å². The highest BCUT2D eigenvalue weighted by Crippen LogP contribution is 2.30. The number of nitrogens with zero attached hydrogens (tertiary/aromatic N) is 2. The maximum Gasteiger partial charge on any atom is 0.256 e. The Morgan fingerprint density at radius 3 is 2.70 bits per heavy atom. The van der Waals surface area contributed by atoms with Gasteiger partial charge in [-0.25, -0.2) is 13.4 Å². The number of oxazole rings is 1. The van der Waals surface area contributed by atoms with Gasteiger partial charge in [0, 0.05) is 23.2 Å². The SMILES string of the molecule is CCN(C(=O)[C@@H](C)Sc1ncc(-c2ccc(Cl)cc2)o1)[C@@H]1CCS(=O)(=O)C1. The van der Waals surface area contributed by atoms with Gasteiger partial charge in [-0.05, 0) is 44.5 Å². The lowest BCUT2D eigenvalue weighted by molar-refractivity contribution is -0.131. The van der Waals surface area contributed by atoms with Crippen LogP contribution in [-0.2, 0) is 14.6 Å². The van der Waals surface area contributed by atoms with E-state index in [4.69, 9.17) is 16.0 Å². The molecule has 9 heteroatoms. The molecule has 1 aliphatic rings. The number of amides is 1. The number of thioether (sulfide) groups is 1. The van der Waals surface area contributed by atoms with Gasteiger partial charge >= 0.3 is 0 Å². The van der Waals surface area contributed by atoms with Crippen molar-refractivity contribution >= 4 is 39.1 Å². The number of sulfone groups is 1. The maximum atomic E-state index is 12.8. The smallest absolute Gasteiger partial charge is 0.256 e. The molecule has 6 nitrogen and oxygen atoms in total. The number of aromatic nitrogens is 1. The van der Waals surface area contributed by atoms with Crippen molar-refractivity contribution in [3.63, 3.8) is 0 Å². The average Bonchev–Trinajstić information content (AvgIpc) is 3.22. The molecule has 1 fully saturated rings. The Hall–Kier alpha value is -1.51. The number of hydrogen-bond acceptors (Lipinski definition) is 6. The number of hydrogen-bond donors (Lipinski definition) is 0. The molecule has 0 radical (unpaired) electrons. The van der Waals surface area contributed by atoms with Crippen molar-refractivity contribution in [1.82, 2.24) is 9.88 Å². The van der Waals surface area contributed by atoms with Crippen molar-refractivity contribution in [3.05, 3.63) is 35.5 Å².